The Morgan fingerprint density at radius 1 is 1.26 bits per heavy atom. The first-order chi connectivity index (χ1) is 9.13. The number of halogens is 2. The monoisotopic (exact) mass is 266 g/mol. The Bertz CT molecular complexity index is 428. The minimum Gasteiger partial charge on any atom is -0.300 e. The lowest BCUT2D eigenvalue weighted by Crippen LogP contribution is -2.48. The maximum absolute atomic E-state index is 13.4. The Hall–Kier alpha value is -1.26. The van der Waals surface area contributed by atoms with Crippen LogP contribution in [0.3, 0.4) is 0 Å². The third kappa shape index (κ3) is 3.39. The van der Waals surface area contributed by atoms with Gasteiger partial charge in [-0.1, -0.05) is 13.0 Å². The van der Waals surface area contributed by atoms with Crippen LogP contribution in [0.4, 0.5) is 8.78 Å². The Balaban J connectivity index is 2.27. The molecular formula is C15H20F2N2. The lowest BCUT2D eigenvalue weighted by molar-refractivity contribution is 0.0870. The quantitative estimate of drug-likeness (QED) is 0.773. The fraction of sp³-hybridized carbons (Fsp3) is 0.467. The van der Waals surface area contributed by atoms with E-state index in [1.807, 2.05) is 6.08 Å². The summed E-state index contributed by atoms with van der Waals surface area (Å²) in [6.45, 7) is 10.2. The molecule has 0 bridgehead atoms. The van der Waals surface area contributed by atoms with Gasteiger partial charge in [-0.05, 0) is 24.2 Å². The molecular weight excluding hydrogens is 246 g/mol. The van der Waals surface area contributed by atoms with E-state index in [0.29, 0.717) is 5.56 Å². The smallest absolute Gasteiger partial charge is 0.126 e. The molecule has 2 nitrogen and oxygen atoms in total. The lowest BCUT2D eigenvalue weighted by Gasteiger charge is -2.41. The highest BCUT2D eigenvalue weighted by atomic mass is 19.1. The van der Waals surface area contributed by atoms with E-state index < -0.39 is 11.6 Å². The molecule has 4 heteroatoms. The van der Waals surface area contributed by atoms with Crippen molar-refractivity contribution < 1.29 is 8.78 Å². The maximum Gasteiger partial charge on any atom is 0.126 e. The summed E-state index contributed by atoms with van der Waals surface area (Å²) in [5, 5.41) is 0. The molecule has 1 aromatic rings. The van der Waals surface area contributed by atoms with Gasteiger partial charge in [0.15, 0.2) is 0 Å². The van der Waals surface area contributed by atoms with Crippen LogP contribution in [0.1, 0.15) is 18.5 Å². The zero-order valence-electron chi connectivity index (χ0n) is 11.3. The molecule has 0 N–H and O–H groups in total. The van der Waals surface area contributed by atoms with Crippen LogP contribution < -0.4 is 0 Å². The summed E-state index contributed by atoms with van der Waals surface area (Å²) >= 11 is 0. The second-order valence-corrected chi connectivity index (χ2v) is 4.90. The SMILES string of the molecule is C=CCN1CCN(CC)C[C@H]1c1cc(F)cc(F)c1. The van der Waals surface area contributed by atoms with E-state index in [1.165, 1.54) is 12.1 Å². The fourth-order valence-electron chi connectivity index (χ4n) is 2.63. The van der Waals surface area contributed by atoms with Crippen LogP contribution in [0, 0.1) is 11.6 Å². The zero-order valence-corrected chi connectivity index (χ0v) is 11.3. The molecule has 0 spiro atoms. The number of hydrogen-bond donors (Lipinski definition) is 0. The molecule has 0 aliphatic carbocycles. The van der Waals surface area contributed by atoms with Crippen LogP contribution >= 0.6 is 0 Å². The topological polar surface area (TPSA) is 6.48 Å². The van der Waals surface area contributed by atoms with Gasteiger partial charge in [0, 0.05) is 38.3 Å². The molecule has 1 aliphatic rings. The number of nitrogens with zero attached hydrogens (tertiary/aromatic N) is 2. The van der Waals surface area contributed by atoms with Crippen molar-refractivity contribution in [2.24, 2.45) is 0 Å². The molecule has 1 aromatic carbocycles. The molecule has 0 aromatic heterocycles. The van der Waals surface area contributed by atoms with Gasteiger partial charge in [0.1, 0.15) is 11.6 Å². The second kappa shape index (κ2) is 6.26. The summed E-state index contributed by atoms with van der Waals surface area (Å²) in [7, 11) is 0. The first-order valence-corrected chi connectivity index (χ1v) is 6.67. The van der Waals surface area contributed by atoms with Gasteiger partial charge in [-0.25, -0.2) is 8.78 Å². The number of benzene rings is 1. The van der Waals surface area contributed by atoms with Crippen molar-refractivity contribution in [3.05, 3.63) is 48.1 Å². The highest BCUT2D eigenvalue weighted by molar-refractivity contribution is 5.22. The predicted octanol–water partition coefficient (Wildman–Crippen LogP) is 2.83. The van der Waals surface area contributed by atoms with E-state index >= 15 is 0 Å². The van der Waals surface area contributed by atoms with E-state index in [2.05, 4.69) is 23.3 Å². The number of likely N-dealkylation sites (N-methyl/N-ethyl adjacent to an activating group) is 1. The lowest BCUT2D eigenvalue weighted by atomic mass is 10.0. The summed E-state index contributed by atoms with van der Waals surface area (Å²) in [4.78, 5) is 4.51. The average Bonchev–Trinajstić information content (AvgIpc) is 2.38. The molecule has 0 amide bonds. The Labute approximate surface area is 113 Å². The Morgan fingerprint density at radius 3 is 2.53 bits per heavy atom. The molecule has 19 heavy (non-hydrogen) atoms. The maximum atomic E-state index is 13.4. The normalized spacial score (nSPS) is 21.5. The van der Waals surface area contributed by atoms with Crippen LogP contribution in [-0.2, 0) is 0 Å². The number of piperazine rings is 1. The zero-order chi connectivity index (χ0) is 13.8. The van der Waals surface area contributed by atoms with E-state index in [9.17, 15) is 8.78 Å². The fourth-order valence-corrected chi connectivity index (χ4v) is 2.63. The van der Waals surface area contributed by atoms with Gasteiger partial charge < -0.3 is 4.90 Å². The summed E-state index contributed by atoms with van der Waals surface area (Å²) in [6.07, 6.45) is 1.84. The summed E-state index contributed by atoms with van der Waals surface area (Å²) < 4.78 is 26.8. The Morgan fingerprint density at radius 2 is 1.95 bits per heavy atom. The standard InChI is InChI=1S/C15H20F2N2/c1-3-5-19-7-6-18(4-2)11-15(19)12-8-13(16)10-14(17)9-12/h3,8-10,15H,1,4-7,11H2,2H3/t15-/m0/s1. The molecule has 1 aliphatic heterocycles. The van der Waals surface area contributed by atoms with Crippen LogP contribution in [0.15, 0.2) is 30.9 Å². The van der Waals surface area contributed by atoms with Gasteiger partial charge in [-0.15, -0.1) is 6.58 Å². The van der Waals surface area contributed by atoms with Crippen LogP contribution in [0.2, 0.25) is 0 Å². The third-order valence-corrected chi connectivity index (χ3v) is 3.66. The van der Waals surface area contributed by atoms with Crippen molar-refractivity contribution in [1.82, 2.24) is 9.80 Å². The Kier molecular flexibility index (Phi) is 4.66. The van der Waals surface area contributed by atoms with Crippen LogP contribution in [0.5, 0.6) is 0 Å². The summed E-state index contributed by atoms with van der Waals surface area (Å²) in [6, 6.07) is 3.81. The van der Waals surface area contributed by atoms with Gasteiger partial charge in [-0.3, -0.25) is 4.90 Å². The predicted molar refractivity (Wildman–Crippen MR) is 73.0 cm³/mol. The molecule has 0 radical (unpaired) electrons. The molecule has 1 saturated heterocycles. The second-order valence-electron chi connectivity index (χ2n) is 4.90. The van der Waals surface area contributed by atoms with E-state index in [-0.39, 0.29) is 6.04 Å². The highest BCUT2D eigenvalue weighted by Crippen LogP contribution is 2.26. The van der Waals surface area contributed by atoms with Gasteiger partial charge >= 0.3 is 0 Å². The molecule has 0 unspecified atom stereocenters. The average molecular weight is 266 g/mol. The van der Waals surface area contributed by atoms with Crippen molar-refractivity contribution >= 4 is 0 Å². The van der Waals surface area contributed by atoms with Gasteiger partial charge in [-0.2, -0.15) is 0 Å². The van der Waals surface area contributed by atoms with Gasteiger partial charge in [0.2, 0.25) is 0 Å². The number of hydrogen-bond acceptors (Lipinski definition) is 2. The summed E-state index contributed by atoms with van der Waals surface area (Å²) in [5.41, 5.74) is 0.706. The van der Waals surface area contributed by atoms with E-state index in [1.54, 1.807) is 0 Å². The molecule has 1 atom stereocenters. The third-order valence-electron chi connectivity index (χ3n) is 3.66. The van der Waals surface area contributed by atoms with E-state index in [4.69, 9.17) is 0 Å². The highest BCUT2D eigenvalue weighted by Gasteiger charge is 2.27. The largest absolute Gasteiger partial charge is 0.300 e. The number of rotatable bonds is 4. The molecule has 1 fully saturated rings. The van der Waals surface area contributed by atoms with Gasteiger partial charge in [0.05, 0.1) is 0 Å². The molecule has 2 rings (SSSR count). The molecule has 104 valence electrons. The summed E-state index contributed by atoms with van der Waals surface area (Å²) in [5.74, 6) is -1.02. The van der Waals surface area contributed by atoms with Gasteiger partial charge in [0.25, 0.3) is 0 Å². The van der Waals surface area contributed by atoms with Crippen molar-refractivity contribution in [2.45, 2.75) is 13.0 Å². The van der Waals surface area contributed by atoms with Crippen molar-refractivity contribution in [1.29, 1.82) is 0 Å². The van der Waals surface area contributed by atoms with Crippen molar-refractivity contribution in [2.75, 3.05) is 32.7 Å². The van der Waals surface area contributed by atoms with Crippen molar-refractivity contribution in [3.8, 4) is 0 Å². The minimum atomic E-state index is -0.512. The molecule has 0 saturated carbocycles. The first-order valence-electron chi connectivity index (χ1n) is 6.67. The van der Waals surface area contributed by atoms with Crippen molar-refractivity contribution in [3.63, 3.8) is 0 Å². The minimum absolute atomic E-state index is 0.0249. The van der Waals surface area contributed by atoms with Crippen LogP contribution in [0.25, 0.3) is 0 Å². The van der Waals surface area contributed by atoms with Crippen LogP contribution in [-0.4, -0.2) is 42.5 Å². The first kappa shape index (κ1) is 14.2. The van der Waals surface area contributed by atoms with E-state index in [0.717, 1.165) is 38.8 Å². The molecule has 1 heterocycles.